The summed E-state index contributed by atoms with van der Waals surface area (Å²) >= 11 is 6.14. The summed E-state index contributed by atoms with van der Waals surface area (Å²) in [6, 6.07) is 17.2. The monoisotopic (exact) mass is 465 g/mol. The van der Waals surface area contributed by atoms with Crippen LogP contribution in [0.2, 0.25) is 5.02 Å². The van der Waals surface area contributed by atoms with Crippen molar-refractivity contribution in [1.82, 2.24) is 5.32 Å². The first kappa shape index (κ1) is 23.5. The SMILES string of the molecule is COc1ccccc1C(=O)NC(=Cc1ccc([N+](=O)[O-])cc1)C(=O)Nc1ccc(C)c(Cl)c1. The van der Waals surface area contributed by atoms with Crippen LogP contribution in [0.15, 0.2) is 72.4 Å². The molecule has 0 unspecified atom stereocenters. The molecule has 0 atom stereocenters. The number of ether oxygens (including phenoxy) is 1. The highest BCUT2D eigenvalue weighted by Gasteiger charge is 2.18. The molecule has 2 amide bonds. The van der Waals surface area contributed by atoms with Crippen molar-refractivity contribution in [3.8, 4) is 5.75 Å². The fourth-order valence-electron chi connectivity index (χ4n) is 2.91. The van der Waals surface area contributed by atoms with Gasteiger partial charge in [-0.3, -0.25) is 19.7 Å². The molecular formula is C24H20ClN3O5. The van der Waals surface area contributed by atoms with E-state index in [0.29, 0.717) is 22.0 Å². The number of amides is 2. The molecule has 9 heteroatoms. The number of halogens is 1. The molecule has 0 saturated carbocycles. The van der Waals surface area contributed by atoms with Crippen molar-refractivity contribution < 1.29 is 19.2 Å². The van der Waals surface area contributed by atoms with Gasteiger partial charge in [-0.05, 0) is 60.5 Å². The van der Waals surface area contributed by atoms with E-state index < -0.39 is 16.7 Å². The second kappa shape index (κ2) is 10.4. The van der Waals surface area contributed by atoms with E-state index in [2.05, 4.69) is 10.6 Å². The Kier molecular flexibility index (Phi) is 7.42. The zero-order valence-corrected chi connectivity index (χ0v) is 18.6. The number of para-hydroxylation sites is 1. The van der Waals surface area contributed by atoms with Gasteiger partial charge in [0.15, 0.2) is 0 Å². The van der Waals surface area contributed by atoms with Crippen LogP contribution in [-0.2, 0) is 4.79 Å². The van der Waals surface area contributed by atoms with Gasteiger partial charge in [0, 0.05) is 22.8 Å². The summed E-state index contributed by atoms with van der Waals surface area (Å²) in [7, 11) is 1.44. The quantitative estimate of drug-likeness (QED) is 0.290. The number of aryl methyl sites for hydroxylation is 1. The van der Waals surface area contributed by atoms with E-state index in [4.69, 9.17) is 16.3 Å². The minimum Gasteiger partial charge on any atom is -0.496 e. The number of rotatable bonds is 7. The fraction of sp³-hybridized carbons (Fsp3) is 0.0833. The van der Waals surface area contributed by atoms with Gasteiger partial charge in [0.2, 0.25) is 0 Å². The van der Waals surface area contributed by atoms with Crippen LogP contribution in [0.4, 0.5) is 11.4 Å². The van der Waals surface area contributed by atoms with Crippen LogP contribution in [0.25, 0.3) is 6.08 Å². The molecule has 33 heavy (non-hydrogen) atoms. The summed E-state index contributed by atoms with van der Waals surface area (Å²) in [5.74, 6) is -0.815. The Bertz CT molecular complexity index is 1240. The Morgan fingerprint density at radius 3 is 2.39 bits per heavy atom. The number of nitrogens with one attached hydrogen (secondary N) is 2. The number of nitro benzene ring substituents is 1. The molecule has 3 aromatic carbocycles. The number of benzene rings is 3. The lowest BCUT2D eigenvalue weighted by molar-refractivity contribution is -0.384. The molecule has 0 radical (unpaired) electrons. The summed E-state index contributed by atoms with van der Waals surface area (Å²) in [4.78, 5) is 36.3. The highest BCUT2D eigenvalue weighted by atomic mass is 35.5. The first-order chi connectivity index (χ1) is 15.8. The first-order valence-electron chi connectivity index (χ1n) is 9.76. The Labute approximate surface area is 195 Å². The second-order valence-electron chi connectivity index (χ2n) is 6.98. The Morgan fingerprint density at radius 1 is 1.06 bits per heavy atom. The van der Waals surface area contributed by atoms with Crippen molar-refractivity contribution >= 4 is 40.9 Å². The van der Waals surface area contributed by atoms with Gasteiger partial charge in [0.25, 0.3) is 17.5 Å². The number of nitrogens with zero attached hydrogens (tertiary/aromatic N) is 1. The summed E-state index contributed by atoms with van der Waals surface area (Å²) in [6.07, 6.45) is 1.42. The molecule has 0 saturated heterocycles. The summed E-state index contributed by atoms with van der Waals surface area (Å²) in [5.41, 5.74) is 1.84. The summed E-state index contributed by atoms with van der Waals surface area (Å²) in [5, 5.41) is 16.7. The number of non-ortho nitro benzene ring substituents is 1. The van der Waals surface area contributed by atoms with Crippen LogP contribution in [0.5, 0.6) is 5.75 Å². The number of nitro groups is 1. The average Bonchev–Trinajstić information content (AvgIpc) is 2.81. The highest BCUT2D eigenvalue weighted by molar-refractivity contribution is 6.31. The number of carbonyl (C=O) groups excluding carboxylic acids is 2. The molecule has 3 rings (SSSR count). The zero-order valence-electron chi connectivity index (χ0n) is 17.8. The first-order valence-corrected chi connectivity index (χ1v) is 10.1. The van der Waals surface area contributed by atoms with Gasteiger partial charge in [-0.25, -0.2) is 0 Å². The van der Waals surface area contributed by atoms with E-state index >= 15 is 0 Å². The van der Waals surface area contributed by atoms with E-state index in [-0.39, 0.29) is 16.9 Å². The smallest absolute Gasteiger partial charge is 0.272 e. The van der Waals surface area contributed by atoms with Gasteiger partial charge in [-0.1, -0.05) is 29.8 Å². The van der Waals surface area contributed by atoms with Crippen molar-refractivity contribution in [3.05, 3.63) is 104 Å². The van der Waals surface area contributed by atoms with E-state index in [1.54, 1.807) is 42.5 Å². The fourth-order valence-corrected chi connectivity index (χ4v) is 3.09. The second-order valence-corrected chi connectivity index (χ2v) is 7.39. The van der Waals surface area contributed by atoms with Gasteiger partial charge in [0.1, 0.15) is 11.4 Å². The lowest BCUT2D eigenvalue weighted by Crippen LogP contribution is -2.31. The predicted molar refractivity (Wildman–Crippen MR) is 126 cm³/mol. The summed E-state index contributed by atoms with van der Waals surface area (Å²) in [6.45, 7) is 1.83. The molecule has 0 spiro atoms. The number of anilines is 1. The van der Waals surface area contributed by atoms with E-state index in [0.717, 1.165) is 5.56 Å². The summed E-state index contributed by atoms with van der Waals surface area (Å²) < 4.78 is 5.22. The standard InChI is InChI=1S/C24H20ClN3O5/c1-15-7-10-17(14-20(15)25)26-24(30)21(13-16-8-11-18(12-9-16)28(31)32)27-23(29)19-5-3-4-6-22(19)33-2/h3-14H,1-2H3,(H,26,30)(H,27,29). The molecule has 0 heterocycles. The predicted octanol–water partition coefficient (Wildman–Crippen LogP) is 4.97. The zero-order chi connectivity index (χ0) is 24.0. The van der Waals surface area contributed by atoms with Crippen LogP contribution < -0.4 is 15.4 Å². The molecule has 0 fully saturated rings. The topological polar surface area (TPSA) is 111 Å². The van der Waals surface area contributed by atoms with Crippen molar-refractivity contribution in [1.29, 1.82) is 0 Å². The largest absolute Gasteiger partial charge is 0.496 e. The van der Waals surface area contributed by atoms with Crippen molar-refractivity contribution in [2.24, 2.45) is 0 Å². The third kappa shape index (κ3) is 5.96. The molecular weight excluding hydrogens is 446 g/mol. The van der Waals surface area contributed by atoms with Crippen LogP contribution in [0.1, 0.15) is 21.5 Å². The number of methoxy groups -OCH3 is 1. The minimum atomic E-state index is -0.600. The molecule has 0 aliphatic heterocycles. The molecule has 168 valence electrons. The number of carbonyl (C=O) groups is 2. The van der Waals surface area contributed by atoms with Crippen LogP contribution >= 0.6 is 11.6 Å². The Balaban J connectivity index is 1.94. The number of hydrogen-bond donors (Lipinski definition) is 2. The normalized spacial score (nSPS) is 10.9. The highest BCUT2D eigenvalue weighted by Crippen LogP contribution is 2.22. The van der Waals surface area contributed by atoms with Crippen LogP contribution in [-0.4, -0.2) is 23.8 Å². The maximum absolute atomic E-state index is 13.0. The van der Waals surface area contributed by atoms with Crippen LogP contribution in [0, 0.1) is 17.0 Å². The molecule has 0 aliphatic rings. The van der Waals surface area contributed by atoms with Gasteiger partial charge >= 0.3 is 0 Å². The van der Waals surface area contributed by atoms with Gasteiger partial charge in [-0.15, -0.1) is 0 Å². The van der Waals surface area contributed by atoms with Crippen molar-refractivity contribution in [2.75, 3.05) is 12.4 Å². The van der Waals surface area contributed by atoms with E-state index in [1.165, 1.54) is 37.5 Å². The number of hydrogen-bond acceptors (Lipinski definition) is 5. The molecule has 0 aliphatic carbocycles. The van der Waals surface area contributed by atoms with E-state index in [9.17, 15) is 19.7 Å². The minimum absolute atomic E-state index is 0.0727. The van der Waals surface area contributed by atoms with Gasteiger partial charge < -0.3 is 15.4 Å². The lowest BCUT2D eigenvalue weighted by Gasteiger charge is -2.13. The maximum atomic E-state index is 13.0. The van der Waals surface area contributed by atoms with Crippen molar-refractivity contribution in [2.45, 2.75) is 6.92 Å². The molecule has 3 aromatic rings. The van der Waals surface area contributed by atoms with Crippen molar-refractivity contribution in [3.63, 3.8) is 0 Å². The lowest BCUT2D eigenvalue weighted by atomic mass is 10.1. The van der Waals surface area contributed by atoms with Gasteiger partial charge in [-0.2, -0.15) is 0 Å². The molecule has 0 aromatic heterocycles. The van der Waals surface area contributed by atoms with Crippen LogP contribution in [0.3, 0.4) is 0 Å². The molecule has 8 nitrogen and oxygen atoms in total. The maximum Gasteiger partial charge on any atom is 0.272 e. The Hall–Kier alpha value is -4.17. The average molecular weight is 466 g/mol. The Morgan fingerprint density at radius 2 is 1.76 bits per heavy atom. The van der Waals surface area contributed by atoms with E-state index in [1.807, 2.05) is 6.92 Å². The molecule has 0 bridgehead atoms. The van der Waals surface area contributed by atoms with Gasteiger partial charge in [0.05, 0.1) is 17.6 Å². The third-order valence-corrected chi connectivity index (χ3v) is 5.10. The molecule has 2 N–H and O–H groups in total. The third-order valence-electron chi connectivity index (χ3n) is 4.69.